The normalized spacial score (nSPS) is 12.2. The van der Waals surface area contributed by atoms with Crippen LogP contribution in [-0.4, -0.2) is 6.54 Å². The highest BCUT2D eigenvalue weighted by Gasteiger charge is 2.03. The molecule has 0 fully saturated rings. The van der Waals surface area contributed by atoms with E-state index in [9.17, 15) is 4.39 Å². The van der Waals surface area contributed by atoms with E-state index in [1.807, 2.05) is 12.1 Å². The molecule has 0 unspecified atom stereocenters. The second-order valence-electron chi connectivity index (χ2n) is 3.60. The third kappa shape index (κ3) is 2.67. The van der Waals surface area contributed by atoms with Crippen molar-refractivity contribution in [2.75, 3.05) is 6.54 Å². The fraction of sp³-hybridized carbons (Fsp3) is 0.333. The first-order valence-electron chi connectivity index (χ1n) is 4.80. The van der Waals surface area contributed by atoms with Crippen LogP contribution in [-0.2, 0) is 0 Å². The molecule has 0 radical (unpaired) electrons. The van der Waals surface area contributed by atoms with E-state index in [2.05, 4.69) is 13.8 Å². The van der Waals surface area contributed by atoms with Gasteiger partial charge in [0.1, 0.15) is 5.82 Å². The van der Waals surface area contributed by atoms with Crippen LogP contribution in [0.3, 0.4) is 0 Å². The van der Waals surface area contributed by atoms with Crippen LogP contribution >= 0.6 is 0 Å². The zero-order valence-electron chi connectivity index (χ0n) is 8.63. The van der Waals surface area contributed by atoms with E-state index >= 15 is 0 Å². The number of rotatable bonds is 3. The molecular weight excluding hydrogens is 177 g/mol. The largest absolute Gasteiger partial charge is 0.327 e. The van der Waals surface area contributed by atoms with E-state index in [4.69, 9.17) is 5.73 Å². The summed E-state index contributed by atoms with van der Waals surface area (Å²) in [5, 5.41) is 0. The third-order valence-electron chi connectivity index (χ3n) is 2.22. The molecule has 1 aromatic carbocycles. The average Bonchev–Trinajstić information content (AvgIpc) is 2.16. The molecule has 14 heavy (non-hydrogen) atoms. The van der Waals surface area contributed by atoms with Crippen molar-refractivity contribution >= 4 is 6.08 Å². The maximum absolute atomic E-state index is 13.3. The molecule has 0 amide bonds. The Bertz CT molecular complexity index is 329. The van der Waals surface area contributed by atoms with Gasteiger partial charge in [0.2, 0.25) is 0 Å². The first-order chi connectivity index (χ1) is 6.65. The molecule has 0 aliphatic rings. The van der Waals surface area contributed by atoms with Crippen molar-refractivity contribution in [3.63, 3.8) is 0 Å². The fourth-order valence-corrected chi connectivity index (χ4v) is 1.25. The van der Waals surface area contributed by atoms with E-state index in [1.165, 1.54) is 6.07 Å². The molecule has 0 heterocycles. The Morgan fingerprint density at radius 1 is 1.43 bits per heavy atom. The van der Waals surface area contributed by atoms with Gasteiger partial charge in [-0.15, -0.1) is 0 Å². The predicted octanol–water partition coefficient (Wildman–Crippen LogP) is 2.82. The summed E-state index contributed by atoms with van der Waals surface area (Å²) in [6.45, 7) is 4.59. The van der Waals surface area contributed by atoms with E-state index in [0.29, 0.717) is 18.0 Å². The minimum atomic E-state index is -0.195. The highest BCUT2D eigenvalue weighted by molar-refractivity contribution is 5.54. The van der Waals surface area contributed by atoms with Gasteiger partial charge in [-0.2, -0.15) is 0 Å². The molecule has 0 aliphatic carbocycles. The summed E-state index contributed by atoms with van der Waals surface area (Å²) in [4.78, 5) is 0. The van der Waals surface area contributed by atoms with Gasteiger partial charge in [0.05, 0.1) is 0 Å². The minimum absolute atomic E-state index is 0.195. The van der Waals surface area contributed by atoms with Crippen molar-refractivity contribution < 1.29 is 4.39 Å². The smallest absolute Gasteiger partial charge is 0.130 e. The molecular formula is C12H16FN. The summed E-state index contributed by atoms with van der Waals surface area (Å²) in [6, 6.07) is 6.72. The quantitative estimate of drug-likeness (QED) is 0.784. The van der Waals surface area contributed by atoms with Gasteiger partial charge in [-0.05, 0) is 12.0 Å². The van der Waals surface area contributed by atoms with Crippen molar-refractivity contribution in [2.24, 2.45) is 11.7 Å². The molecule has 0 aliphatic heterocycles. The van der Waals surface area contributed by atoms with Crippen molar-refractivity contribution in [1.82, 2.24) is 0 Å². The number of benzene rings is 1. The number of hydrogen-bond acceptors (Lipinski definition) is 1. The van der Waals surface area contributed by atoms with Gasteiger partial charge in [-0.25, -0.2) is 4.39 Å². The second kappa shape index (κ2) is 4.91. The highest BCUT2D eigenvalue weighted by Crippen LogP contribution is 2.15. The highest BCUT2D eigenvalue weighted by atomic mass is 19.1. The maximum atomic E-state index is 13.3. The van der Waals surface area contributed by atoms with Crippen LogP contribution in [0.2, 0.25) is 0 Å². The van der Waals surface area contributed by atoms with Crippen molar-refractivity contribution in [1.29, 1.82) is 0 Å². The topological polar surface area (TPSA) is 26.0 Å². The Hall–Kier alpha value is -1.15. The molecule has 0 saturated heterocycles. The van der Waals surface area contributed by atoms with Gasteiger partial charge in [0, 0.05) is 12.1 Å². The van der Waals surface area contributed by atoms with Gasteiger partial charge >= 0.3 is 0 Å². The first-order valence-corrected chi connectivity index (χ1v) is 4.80. The van der Waals surface area contributed by atoms with Gasteiger partial charge in [0.15, 0.2) is 0 Å². The summed E-state index contributed by atoms with van der Waals surface area (Å²) >= 11 is 0. The second-order valence-corrected chi connectivity index (χ2v) is 3.60. The molecule has 0 atom stereocenters. The minimum Gasteiger partial charge on any atom is -0.327 e. The zero-order chi connectivity index (χ0) is 10.6. The monoisotopic (exact) mass is 193 g/mol. The molecule has 0 aromatic heterocycles. The Labute approximate surface area is 84.4 Å². The summed E-state index contributed by atoms with van der Waals surface area (Å²) in [5.41, 5.74) is 7.26. The standard InChI is InChI=1S/C12H16FN/c1-9(2)11(8-14)7-10-5-3-4-6-12(10)13/h3-7,9H,8,14H2,1-2H3. The lowest BCUT2D eigenvalue weighted by Crippen LogP contribution is -2.08. The van der Waals surface area contributed by atoms with E-state index in [1.54, 1.807) is 12.1 Å². The fourth-order valence-electron chi connectivity index (χ4n) is 1.25. The van der Waals surface area contributed by atoms with Gasteiger partial charge in [-0.3, -0.25) is 0 Å². The van der Waals surface area contributed by atoms with Crippen LogP contribution in [0.4, 0.5) is 4.39 Å². The summed E-state index contributed by atoms with van der Waals surface area (Å²) in [6.07, 6.45) is 1.83. The zero-order valence-corrected chi connectivity index (χ0v) is 8.63. The Morgan fingerprint density at radius 2 is 2.07 bits per heavy atom. The summed E-state index contributed by atoms with van der Waals surface area (Å²) in [5.74, 6) is 0.165. The lowest BCUT2D eigenvalue weighted by Gasteiger charge is -2.08. The van der Waals surface area contributed by atoms with Gasteiger partial charge in [-0.1, -0.05) is 43.7 Å². The molecule has 2 heteroatoms. The molecule has 0 saturated carbocycles. The van der Waals surface area contributed by atoms with Crippen LogP contribution in [0.25, 0.3) is 6.08 Å². The lowest BCUT2D eigenvalue weighted by atomic mass is 10.0. The number of hydrogen-bond donors (Lipinski definition) is 1. The molecule has 1 rings (SSSR count). The van der Waals surface area contributed by atoms with Crippen LogP contribution in [0.15, 0.2) is 29.8 Å². The van der Waals surface area contributed by atoms with E-state index in [0.717, 1.165) is 5.57 Å². The maximum Gasteiger partial charge on any atom is 0.130 e. The average molecular weight is 193 g/mol. The van der Waals surface area contributed by atoms with Crippen molar-refractivity contribution in [3.8, 4) is 0 Å². The molecule has 2 N–H and O–H groups in total. The molecule has 0 spiro atoms. The number of halogens is 1. The van der Waals surface area contributed by atoms with Gasteiger partial charge in [0.25, 0.3) is 0 Å². The van der Waals surface area contributed by atoms with E-state index < -0.39 is 0 Å². The van der Waals surface area contributed by atoms with Crippen LogP contribution in [0.1, 0.15) is 19.4 Å². The number of nitrogens with two attached hydrogens (primary N) is 1. The Kier molecular flexibility index (Phi) is 3.84. The van der Waals surface area contributed by atoms with Crippen LogP contribution < -0.4 is 5.73 Å². The Morgan fingerprint density at radius 3 is 2.57 bits per heavy atom. The summed E-state index contributed by atoms with van der Waals surface area (Å²) < 4.78 is 13.3. The van der Waals surface area contributed by atoms with Crippen molar-refractivity contribution in [2.45, 2.75) is 13.8 Å². The molecule has 76 valence electrons. The van der Waals surface area contributed by atoms with E-state index in [-0.39, 0.29) is 5.82 Å². The summed E-state index contributed by atoms with van der Waals surface area (Å²) in [7, 11) is 0. The lowest BCUT2D eigenvalue weighted by molar-refractivity contribution is 0.624. The SMILES string of the molecule is CC(C)C(=Cc1ccccc1F)CN. The Balaban J connectivity index is 3.00. The molecule has 1 aromatic rings. The van der Waals surface area contributed by atoms with Gasteiger partial charge < -0.3 is 5.73 Å². The first kappa shape index (κ1) is 10.9. The van der Waals surface area contributed by atoms with Crippen molar-refractivity contribution in [3.05, 3.63) is 41.2 Å². The molecule has 1 nitrogen and oxygen atoms in total. The van der Waals surface area contributed by atoms with Crippen LogP contribution in [0.5, 0.6) is 0 Å². The van der Waals surface area contributed by atoms with Crippen LogP contribution in [0, 0.1) is 11.7 Å². The predicted molar refractivity (Wildman–Crippen MR) is 58.3 cm³/mol. The molecule has 0 bridgehead atoms. The third-order valence-corrected chi connectivity index (χ3v) is 2.22.